The SMILES string of the molecule is COC1(C2CCC(CCN3CCC(c4noc5cc(F)ccc45)CC3)CC2)C=C(C(N)=O)C=CN1. The van der Waals surface area contributed by atoms with Crippen LogP contribution < -0.4 is 11.1 Å². The first-order valence-corrected chi connectivity index (χ1v) is 12.8. The molecule has 1 saturated carbocycles. The normalized spacial score (nSPS) is 28.1. The van der Waals surface area contributed by atoms with Crippen LogP contribution in [0, 0.1) is 17.7 Å². The lowest BCUT2D eigenvalue weighted by Crippen LogP contribution is -2.52. The second-order valence-electron chi connectivity index (χ2n) is 10.3. The van der Waals surface area contributed by atoms with Gasteiger partial charge in [0.2, 0.25) is 5.91 Å². The predicted octanol–water partition coefficient (Wildman–Crippen LogP) is 4.21. The molecule has 1 aromatic carbocycles. The molecule has 3 heterocycles. The van der Waals surface area contributed by atoms with E-state index >= 15 is 0 Å². The Balaban J connectivity index is 1.09. The van der Waals surface area contributed by atoms with Crippen molar-refractivity contribution in [3.05, 3.63) is 53.6 Å². The van der Waals surface area contributed by atoms with Crippen LogP contribution >= 0.6 is 0 Å². The molecule has 1 aromatic heterocycles. The largest absolute Gasteiger partial charge is 0.366 e. The van der Waals surface area contributed by atoms with Crippen molar-refractivity contribution in [2.75, 3.05) is 26.7 Å². The van der Waals surface area contributed by atoms with Gasteiger partial charge in [0.15, 0.2) is 11.3 Å². The predicted molar refractivity (Wildman–Crippen MR) is 132 cm³/mol. The molecule has 1 atom stereocenters. The molecule has 3 N–H and O–H groups in total. The molecule has 1 unspecified atom stereocenters. The Morgan fingerprint density at radius 2 is 2.03 bits per heavy atom. The molecule has 5 rings (SSSR count). The first kappa shape index (κ1) is 24.0. The molecule has 188 valence electrons. The minimum Gasteiger partial charge on any atom is -0.366 e. The summed E-state index contributed by atoms with van der Waals surface area (Å²) in [5.74, 6) is 0.678. The number of likely N-dealkylation sites (tertiary alicyclic amines) is 1. The second kappa shape index (κ2) is 10.1. The molecule has 0 spiro atoms. The molecule has 1 saturated heterocycles. The molecule has 3 aliphatic rings. The van der Waals surface area contributed by atoms with E-state index in [1.54, 1.807) is 25.5 Å². The van der Waals surface area contributed by atoms with Crippen LogP contribution in [-0.4, -0.2) is 48.4 Å². The highest BCUT2D eigenvalue weighted by Gasteiger charge is 2.40. The number of halogens is 1. The highest BCUT2D eigenvalue weighted by atomic mass is 19.1. The fourth-order valence-electron chi connectivity index (χ4n) is 6.16. The van der Waals surface area contributed by atoms with Crippen LogP contribution in [0.15, 0.2) is 46.6 Å². The number of ether oxygens (including phenoxy) is 1. The number of dihydropyridines is 1. The van der Waals surface area contributed by atoms with Crippen molar-refractivity contribution in [3.8, 4) is 0 Å². The number of nitrogens with two attached hydrogens (primary N) is 1. The number of methoxy groups -OCH3 is 1. The maximum absolute atomic E-state index is 13.4. The van der Waals surface area contributed by atoms with Crippen LogP contribution in [0.25, 0.3) is 11.0 Å². The Morgan fingerprint density at radius 1 is 1.26 bits per heavy atom. The van der Waals surface area contributed by atoms with Gasteiger partial charge in [-0.15, -0.1) is 0 Å². The van der Waals surface area contributed by atoms with Gasteiger partial charge in [0.05, 0.1) is 5.69 Å². The summed E-state index contributed by atoms with van der Waals surface area (Å²) in [5, 5.41) is 8.55. The molecule has 0 bridgehead atoms. The summed E-state index contributed by atoms with van der Waals surface area (Å²) in [6, 6.07) is 4.68. The number of piperidine rings is 1. The van der Waals surface area contributed by atoms with Crippen molar-refractivity contribution in [2.24, 2.45) is 17.6 Å². The molecular formula is C27H35FN4O3. The third-order valence-electron chi connectivity index (χ3n) is 8.31. The van der Waals surface area contributed by atoms with Crippen LogP contribution in [0.5, 0.6) is 0 Å². The fraction of sp³-hybridized carbons (Fsp3) is 0.556. The van der Waals surface area contributed by atoms with Gasteiger partial charge in [0.1, 0.15) is 5.82 Å². The van der Waals surface area contributed by atoms with E-state index in [-0.39, 0.29) is 5.82 Å². The Kier molecular flexibility index (Phi) is 6.93. The zero-order valence-electron chi connectivity index (χ0n) is 20.3. The molecule has 1 aliphatic carbocycles. The number of benzene rings is 1. The van der Waals surface area contributed by atoms with Gasteiger partial charge in [-0.25, -0.2) is 4.39 Å². The molecule has 7 nitrogen and oxygen atoms in total. The smallest absolute Gasteiger partial charge is 0.248 e. The minimum absolute atomic E-state index is 0.292. The topological polar surface area (TPSA) is 93.6 Å². The minimum atomic E-state index is -0.650. The quantitative estimate of drug-likeness (QED) is 0.614. The van der Waals surface area contributed by atoms with Gasteiger partial charge < -0.3 is 25.2 Å². The van der Waals surface area contributed by atoms with Crippen molar-refractivity contribution < 1.29 is 18.4 Å². The zero-order chi connectivity index (χ0) is 24.4. The lowest BCUT2D eigenvalue weighted by Gasteiger charge is -2.43. The van der Waals surface area contributed by atoms with E-state index in [1.165, 1.54) is 31.4 Å². The molecule has 2 aromatic rings. The number of hydrogen-bond donors (Lipinski definition) is 2. The van der Waals surface area contributed by atoms with Gasteiger partial charge in [-0.2, -0.15) is 0 Å². The van der Waals surface area contributed by atoms with Gasteiger partial charge in [-0.3, -0.25) is 4.79 Å². The third-order valence-corrected chi connectivity index (χ3v) is 8.31. The van der Waals surface area contributed by atoms with Crippen LogP contribution in [0.3, 0.4) is 0 Å². The van der Waals surface area contributed by atoms with Crippen molar-refractivity contribution in [1.29, 1.82) is 0 Å². The van der Waals surface area contributed by atoms with Crippen LogP contribution in [0.4, 0.5) is 4.39 Å². The summed E-state index contributed by atoms with van der Waals surface area (Å²) in [6.45, 7) is 3.23. The highest BCUT2D eigenvalue weighted by molar-refractivity contribution is 5.95. The Bertz CT molecular complexity index is 1110. The van der Waals surface area contributed by atoms with E-state index in [9.17, 15) is 9.18 Å². The van der Waals surface area contributed by atoms with Crippen molar-refractivity contribution in [1.82, 2.24) is 15.4 Å². The number of fused-ring (bicyclic) bond motifs is 1. The number of nitrogens with one attached hydrogen (secondary N) is 1. The summed E-state index contributed by atoms with van der Waals surface area (Å²) in [4.78, 5) is 14.2. The summed E-state index contributed by atoms with van der Waals surface area (Å²) in [7, 11) is 1.69. The van der Waals surface area contributed by atoms with Crippen LogP contribution in [-0.2, 0) is 9.53 Å². The van der Waals surface area contributed by atoms with Crippen LogP contribution in [0.2, 0.25) is 0 Å². The highest BCUT2D eigenvalue weighted by Crippen LogP contribution is 2.40. The Morgan fingerprint density at radius 3 is 2.74 bits per heavy atom. The molecule has 2 fully saturated rings. The summed E-state index contributed by atoms with van der Waals surface area (Å²) in [5.41, 5.74) is 6.87. The van der Waals surface area contributed by atoms with Gasteiger partial charge in [-0.05, 0) is 101 Å². The number of nitrogens with zero attached hydrogens (tertiary/aromatic N) is 2. The lowest BCUT2D eigenvalue weighted by molar-refractivity contribution is -0.114. The Labute approximate surface area is 205 Å². The van der Waals surface area contributed by atoms with E-state index < -0.39 is 11.6 Å². The number of amides is 1. The van der Waals surface area contributed by atoms with Crippen molar-refractivity contribution >= 4 is 16.9 Å². The standard InChI is InChI=1S/C27H35FN4O3/c1-34-27(17-20(26(29)33)8-12-30-27)21-4-2-18(3-5-21)9-13-32-14-10-19(11-15-32)25-23-7-6-22(28)16-24(23)35-31-25/h6-8,12,16-19,21,30H,2-5,9-11,13-15H2,1H3,(H2,29,33). The first-order chi connectivity index (χ1) is 17.0. The van der Waals surface area contributed by atoms with E-state index in [4.69, 9.17) is 15.0 Å². The number of carbonyl (C=O) groups excluding carboxylic acids is 1. The summed E-state index contributed by atoms with van der Waals surface area (Å²) < 4.78 is 24.7. The summed E-state index contributed by atoms with van der Waals surface area (Å²) >= 11 is 0. The Hall–Kier alpha value is -2.71. The van der Waals surface area contributed by atoms with E-state index in [1.807, 2.05) is 6.08 Å². The van der Waals surface area contributed by atoms with Gasteiger partial charge in [0, 0.05) is 36.0 Å². The average Bonchev–Trinajstić information content (AvgIpc) is 3.31. The molecule has 2 aliphatic heterocycles. The number of primary amides is 1. The maximum Gasteiger partial charge on any atom is 0.248 e. The average molecular weight is 483 g/mol. The number of aromatic nitrogens is 1. The summed E-state index contributed by atoms with van der Waals surface area (Å²) in [6.07, 6.45) is 13.1. The van der Waals surface area contributed by atoms with E-state index in [0.717, 1.165) is 56.4 Å². The first-order valence-electron chi connectivity index (χ1n) is 12.8. The zero-order valence-corrected chi connectivity index (χ0v) is 20.3. The maximum atomic E-state index is 13.4. The number of rotatable bonds is 7. The molecule has 0 radical (unpaired) electrons. The van der Waals surface area contributed by atoms with Gasteiger partial charge in [0.25, 0.3) is 0 Å². The molecule has 8 heteroatoms. The lowest BCUT2D eigenvalue weighted by atomic mass is 9.74. The second-order valence-corrected chi connectivity index (χ2v) is 10.3. The van der Waals surface area contributed by atoms with E-state index in [0.29, 0.717) is 28.9 Å². The van der Waals surface area contributed by atoms with Crippen molar-refractivity contribution in [2.45, 2.75) is 56.6 Å². The monoisotopic (exact) mass is 482 g/mol. The molecule has 35 heavy (non-hydrogen) atoms. The van der Waals surface area contributed by atoms with Crippen LogP contribution in [0.1, 0.15) is 56.6 Å². The van der Waals surface area contributed by atoms with E-state index in [2.05, 4.69) is 15.4 Å². The number of carbonyl (C=O) groups is 1. The molecular weight excluding hydrogens is 447 g/mol. The number of hydrogen-bond acceptors (Lipinski definition) is 6. The van der Waals surface area contributed by atoms with Crippen molar-refractivity contribution in [3.63, 3.8) is 0 Å². The molecule has 1 amide bonds. The fourth-order valence-corrected chi connectivity index (χ4v) is 6.16. The van der Waals surface area contributed by atoms with Gasteiger partial charge >= 0.3 is 0 Å². The van der Waals surface area contributed by atoms with Gasteiger partial charge in [-0.1, -0.05) is 5.16 Å². The third kappa shape index (κ3) is 5.00.